The number of nitrogens with zero attached hydrogens (tertiary/aromatic N) is 4. The van der Waals surface area contributed by atoms with E-state index in [1.807, 2.05) is 6.92 Å². The van der Waals surface area contributed by atoms with Crippen LogP contribution in [0.25, 0.3) is 11.4 Å². The van der Waals surface area contributed by atoms with Crippen LogP contribution in [0, 0.1) is 0 Å². The van der Waals surface area contributed by atoms with Crippen LogP contribution >= 0.6 is 11.6 Å². The van der Waals surface area contributed by atoms with E-state index >= 15 is 0 Å². The van der Waals surface area contributed by atoms with Crippen molar-refractivity contribution in [3.63, 3.8) is 0 Å². The van der Waals surface area contributed by atoms with Gasteiger partial charge >= 0.3 is 5.69 Å². The molecule has 0 amide bonds. The van der Waals surface area contributed by atoms with Crippen LogP contribution in [-0.4, -0.2) is 21.1 Å². The molecule has 0 saturated carbocycles. The quantitative estimate of drug-likeness (QED) is 0.518. The van der Waals surface area contributed by atoms with E-state index in [1.165, 1.54) is 9.58 Å². The van der Waals surface area contributed by atoms with Gasteiger partial charge in [-0.3, -0.25) is 9.58 Å². The fraction of sp³-hybridized carbons (Fsp3) is 0.214. The summed E-state index contributed by atoms with van der Waals surface area (Å²) in [5.41, 5.74) is 0.376. The number of hydrogen-bond acceptors (Lipinski definition) is 5. The summed E-state index contributed by atoms with van der Waals surface area (Å²) < 4.78 is 1.48. The Hall–Kier alpha value is -2.18. The van der Waals surface area contributed by atoms with E-state index in [0.717, 1.165) is 5.56 Å². The molecule has 0 aliphatic rings. The van der Waals surface area contributed by atoms with Crippen molar-refractivity contribution in [2.45, 2.75) is 13.5 Å². The van der Waals surface area contributed by atoms with Crippen LogP contribution in [0.2, 0.25) is 5.02 Å². The van der Waals surface area contributed by atoms with Crippen LogP contribution < -0.4 is 16.5 Å². The van der Waals surface area contributed by atoms with E-state index in [-0.39, 0.29) is 5.95 Å². The Kier molecular flexibility index (Phi) is 4.72. The van der Waals surface area contributed by atoms with Crippen molar-refractivity contribution in [2.24, 2.45) is 5.84 Å². The van der Waals surface area contributed by atoms with E-state index in [1.54, 1.807) is 30.3 Å². The van der Waals surface area contributed by atoms with Gasteiger partial charge in [0.25, 0.3) is 0 Å². The molecular weight excluding hydrogens is 290 g/mol. The topological polar surface area (TPSA) is 77.0 Å². The van der Waals surface area contributed by atoms with Gasteiger partial charge in [0.1, 0.15) is 5.82 Å². The molecule has 7 heteroatoms. The van der Waals surface area contributed by atoms with E-state index < -0.39 is 5.69 Å². The summed E-state index contributed by atoms with van der Waals surface area (Å²) in [6.45, 7) is 6.26. The highest BCUT2D eigenvalue weighted by molar-refractivity contribution is 6.30. The summed E-state index contributed by atoms with van der Waals surface area (Å²) in [5, 5.41) is 1.89. The van der Waals surface area contributed by atoms with Gasteiger partial charge in [0.15, 0.2) is 0 Å². The fourth-order valence-electron chi connectivity index (χ4n) is 1.87. The molecule has 1 heterocycles. The van der Waals surface area contributed by atoms with Crippen LogP contribution in [0.15, 0.2) is 41.7 Å². The van der Waals surface area contributed by atoms with Gasteiger partial charge in [-0.15, -0.1) is 6.58 Å². The first-order chi connectivity index (χ1) is 10.1. The van der Waals surface area contributed by atoms with Crippen LogP contribution in [0.4, 0.5) is 5.95 Å². The van der Waals surface area contributed by atoms with Crippen molar-refractivity contribution in [1.82, 2.24) is 14.5 Å². The molecular formula is C14H16ClN5O. The zero-order valence-corrected chi connectivity index (χ0v) is 12.4. The van der Waals surface area contributed by atoms with Crippen LogP contribution in [0.3, 0.4) is 0 Å². The Morgan fingerprint density at radius 1 is 1.38 bits per heavy atom. The van der Waals surface area contributed by atoms with Crippen molar-refractivity contribution < 1.29 is 0 Å². The minimum atomic E-state index is -0.396. The highest BCUT2D eigenvalue weighted by Gasteiger charge is 2.13. The van der Waals surface area contributed by atoms with Crippen molar-refractivity contribution in [3.8, 4) is 11.4 Å². The Bertz CT molecular complexity index is 696. The third-order valence-corrected chi connectivity index (χ3v) is 3.14. The molecule has 2 rings (SSSR count). The SMILES string of the molecule is C=CCN(N)c1nc(-c2ccc(Cl)cc2)n(CC)c(=O)n1. The van der Waals surface area contributed by atoms with Crippen molar-refractivity contribution in [1.29, 1.82) is 0 Å². The summed E-state index contributed by atoms with van der Waals surface area (Å²) in [4.78, 5) is 20.4. The van der Waals surface area contributed by atoms with Gasteiger partial charge in [-0.1, -0.05) is 17.7 Å². The van der Waals surface area contributed by atoms with Gasteiger partial charge in [-0.2, -0.15) is 9.97 Å². The average Bonchev–Trinajstić information content (AvgIpc) is 2.47. The molecule has 0 aliphatic carbocycles. The number of halogens is 1. The number of hydrogen-bond donors (Lipinski definition) is 1. The number of aromatic nitrogens is 3. The zero-order valence-electron chi connectivity index (χ0n) is 11.7. The van der Waals surface area contributed by atoms with Crippen molar-refractivity contribution in [3.05, 3.63) is 52.4 Å². The molecule has 0 unspecified atom stereocenters. The number of nitrogens with two attached hydrogens (primary N) is 1. The van der Waals surface area contributed by atoms with Crippen LogP contribution in [-0.2, 0) is 6.54 Å². The number of hydrazine groups is 1. The maximum Gasteiger partial charge on any atom is 0.352 e. The predicted molar refractivity (Wildman–Crippen MR) is 84.1 cm³/mol. The third-order valence-electron chi connectivity index (χ3n) is 2.89. The second kappa shape index (κ2) is 6.51. The molecule has 0 aliphatic heterocycles. The molecule has 0 radical (unpaired) electrons. The maximum atomic E-state index is 12.1. The largest absolute Gasteiger partial charge is 0.352 e. The fourth-order valence-corrected chi connectivity index (χ4v) is 2.00. The maximum absolute atomic E-state index is 12.1. The molecule has 2 aromatic rings. The highest BCUT2D eigenvalue weighted by atomic mass is 35.5. The van der Waals surface area contributed by atoms with Crippen LogP contribution in [0.5, 0.6) is 0 Å². The average molecular weight is 306 g/mol. The van der Waals surface area contributed by atoms with Gasteiger partial charge in [0, 0.05) is 17.1 Å². The molecule has 1 aromatic heterocycles. The molecule has 2 N–H and O–H groups in total. The van der Waals surface area contributed by atoms with E-state index in [9.17, 15) is 4.79 Å². The molecule has 0 fully saturated rings. The van der Waals surface area contributed by atoms with Crippen molar-refractivity contribution in [2.75, 3.05) is 11.6 Å². The third kappa shape index (κ3) is 3.29. The van der Waals surface area contributed by atoms with Crippen molar-refractivity contribution >= 4 is 17.5 Å². The zero-order chi connectivity index (χ0) is 15.4. The standard InChI is InChI=1S/C14H16ClN5O/c1-3-9-20(16)13-17-12(19(4-2)14(21)18-13)10-5-7-11(15)8-6-10/h3,5-8H,1,4,9,16H2,2H3. The molecule has 21 heavy (non-hydrogen) atoms. The van der Waals surface area contributed by atoms with E-state index in [4.69, 9.17) is 17.4 Å². The summed E-state index contributed by atoms with van der Waals surface area (Å²) in [7, 11) is 0. The molecule has 110 valence electrons. The smallest absolute Gasteiger partial charge is 0.276 e. The molecule has 1 aromatic carbocycles. The summed E-state index contributed by atoms with van der Waals surface area (Å²) >= 11 is 5.89. The van der Waals surface area contributed by atoms with E-state index in [2.05, 4.69) is 16.5 Å². The number of anilines is 1. The Morgan fingerprint density at radius 2 is 2.05 bits per heavy atom. The Morgan fingerprint density at radius 3 is 2.62 bits per heavy atom. The lowest BCUT2D eigenvalue weighted by molar-refractivity contribution is 0.677. The predicted octanol–water partition coefficient (Wildman–Crippen LogP) is 1.84. The lowest BCUT2D eigenvalue weighted by Crippen LogP contribution is -2.36. The first-order valence-corrected chi connectivity index (χ1v) is 6.82. The lowest BCUT2D eigenvalue weighted by atomic mass is 10.2. The van der Waals surface area contributed by atoms with Gasteiger partial charge in [-0.25, -0.2) is 10.6 Å². The molecule has 6 nitrogen and oxygen atoms in total. The molecule has 0 saturated heterocycles. The molecule has 0 spiro atoms. The Labute approximate surface area is 127 Å². The minimum Gasteiger partial charge on any atom is -0.276 e. The molecule has 0 atom stereocenters. The summed E-state index contributed by atoms with van der Waals surface area (Å²) in [6, 6.07) is 7.09. The van der Waals surface area contributed by atoms with Gasteiger partial charge in [0.2, 0.25) is 5.95 Å². The Balaban J connectivity index is 2.59. The number of benzene rings is 1. The molecule has 0 bridgehead atoms. The van der Waals surface area contributed by atoms with Gasteiger partial charge in [-0.05, 0) is 31.2 Å². The summed E-state index contributed by atoms with van der Waals surface area (Å²) in [5.74, 6) is 6.47. The second-order valence-electron chi connectivity index (χ2n) is 4.32. The van der Waals surface area contributed by atoms with Gasteiger partial charge in [0.05, 0.1) is 6.54 Å². The normalized spacial score (nSPS) is 10.4. The first-order valence-electron chi connectivity index (χ1n) is 6.44. The van der Waals surface area contributed by atoms with E-state index in [0.29, 0.717) is 23.9 Å². The lowest BCUT2D eigenvalue weighted by Gasteiger charge is -2.17. The van der Waals surface area contributed by atoms with Gasteiger partial charge < -0.3 is 0 Å². The first kappa shape index (κ1) is 15.2. The summed E-state index contributed by atoms with van der Waals surface area (Å²) in [6.07, 6.45) is 1.61. The monoisotopic (exact) mass is 305 g/mol. The van der Waals surface area contributed by atoms with Crippen LogP contribution in [0.1, 0.15) is 6.92 Å². The second-order valence-corrected chi connectivity index (χ2v) is 4.76. The highest BCUT2D eigenvalue weighted by Crippen LogP contribution is 2.20. The number of rotatable bonds is 5. The minimum absolute atomic E-state index is 0.162.